The predicted octanol–water partition coefficient (Wildman–Crippen LogP) is 2.49. The van der Waals surface area contributed by atoms with Crippen molar-refractivity contribution in [2.24, 2.45) is 0 Å². The third-order valence-corrected chi connectivity index (χ3v) is 6.62. The number of aryl methyl sites for hydroxylation is 1. The van der Waals surface area contributed by atoms with Gasteiger partial charge in [0.25, 0.3) is 0 Å². The summed E-state index contributed by atoms with van der Waals surface area (Å²) >= 11 is 1.41. The van der Waals surface area contributed by atoms with Gasteiger partial charge < -0.3 is 0 Å². The molecule has 0 bridgehead atoms. The van der Waals surface area contributed by atoms with E-state index in [1.807, 2.05) is 35.8 Å². The van der Waals surface area contributed by atoms with Crippen LogP contribution in [0.4, 0.5) is 0 Å². The molecule has 5 nitrogen and oxygen atoms in total. The summed E-state index contributed by atoms with van der Waals surface area (Å²) in [6.45, 7) is 5.43. The Morgan fingerprint density at radius 3 is 2.67 bits per heavy atom. The number of aromatic nitrogens is 3. The van der Waals surface area contributed by atoms with Crippen molar-refractivity contribution < 1.29 is 8.42 Å². The Balaban J connectivity index is 2.11. The third-order valence-electron chi connectivity index (χ3n) is 3.21. The molecule has 0 radical (unpaired) electrons. The quantitative estimate of drug-likeness (QED) is 0.764. The van der Waals surface area contributed by atoms with Gasteiger partial charge in [-0.25, -0.2) is 8.42 Å². The van der Waals surface area contributed by atoms with Gasteiger partial charge in [0.05, 0.1) is 16.7 Å². The first-order chi connectivity index (χ1) is 9.92. The van der Waals surface area contributed by atoms with Gasteiger partial charge in [-0.1, -0.05) is 30.0 Å². The molecule has 0 N–H and O–H groups in total. The fourth-order valence-corrected chi connectivity index (χ4v) is 4.11. The molecule has 0 unspecified atom stereocenters. The molecule has 1 aromatic heterocycles. The molecule has 0 aliphatic rings. The van der Waals surface area contributed by atoms with Crippen LogP contribution in [0, 0.1) is 6.92 Å². The Morgan fingerprint density at radius 2 is 2.00 bits per heavy atom. The van der Waals surface area contributed by atoms with Crippen LogP contribution in [-0.4, -0.2) is 39.9 Å². The minimum absolute atomic E-state index is 0.149. The minimum atomic E-state index is -3.02. The van der Waals surface area contributed by atoms with E-state index in [2.05, 4.69) is 10.2 Å². The lowest BCUT2D eigenvalue weighted by Gasteiger charge is -2.10. The zero-order valence-electron chi connectivity index (χ0n) is 12.4. The van der Waals surface area contributed by atoms with Crippen molar-refractivity contribution in [3.05, 3.63) is 36.2 Å². The molecule has 2 aromatic rings. The number of benzene rings is 1. The van der Waals surface area contributed by atoms with E-state index in [0.29, 0.717) is 10.9 Å². The predicted molar refractivity (Wildman–Crippen MR) is 85.7 cm³/mol. The average Bonchev–Trinajstić information content (AvgIpc) is 2.87. The Kier molecular flexibility index (Phi) is 5.05. The summed E-state index contributed by atoms with van der Waals surface area (Å²) in [4.78, 5) is 0. The molecule has 0 amide bonds. The van der Waals surface area contributed by atoms with Crippen LogP contribution in [0.2, 0.25) is 0 Å². The van der Waals surface area contributed by atoms with Gasteiger partial charge in [0.2, 0.25) is 0 Å². The number of thioether (sulfide) groups is 1. The lowest BCUT2D eigenvalue weighted by Crippen LogP contribution is -2.19. The Hall–Kier alpha value is -1.34. The van der Waals surface area contributed by atoms with Gasteiger partial charge in [0, 0.05) is 5.75 Å². The number of sulfone groups is 1. The highest BCUT2D eigenvalue weighted by atomic mass is 32.2. The zero-order chi connectivity index (χ0) is 15.5. The highest BCUT2D eigenvalue weighted by Crippen LogP contribution is 2.22. The second kappa shape index (κ2) is 6.62. The van der Waals surface area contributed by atoms with Crippen molar-refractivity contribution >= 4 is 21.6 Å². The van der Waals surface area contributed by atoms with Gasteiger partial charge in [-0.2, -0.15) is 0 Å². The number of para-hydroxylation sites is 1. The largest absolute Gasteiger partial charge is 0.276 e. The molecule has 0 aliphatic heterocycles. The van der Waals surface area contributed by atoms with Crippen molar-refractivity contribution in [2.45, 2.75) is 31.2 Å². The van der Waals surface area contributed by atoms with Crippen molar-refractivity contribution in [2.75, 3.05) is 11.5 Å². The number of hydrogen-bond donors (Lipinski definition) is 0. The van der Waals surface area contributed by atoms with Gasteiger partial charge in [0.15, 0.2) is 15.0 Å². The third kappa shape index (κ3) is 3.85. The second-order valence-corrected chi connectivity index (χ2v) is 8.77. The lowest BCUT2D eigenvalue weighted by molar-refractivity contribution is 0.589. The lowest BCUT2D eigenvalue weighted by atomic mass is 10.2. The van der Waals surface area contributed by atoms with E-state index >= 15 is 0 Å². The van der Waals surface area contributed by atoms with E-state index in [9.17, 15) is 8.42 Å². The maximum Gasteiger partial charge on any atom is 0.195 e. The summed E-state index contributed by atoms with van der Waals surface area (Å²) in [7, 11) is -3.02. The molecule has 0 spiro atoms. The normalized spacial score (nSPS) is 12.0. The Bertz CT molecular complexity index is 709. The Morgan fingerprint density at radius 1 is 1.29 bits per heavy atom. The van der Waals surface area contributed by atoms with Crippen LogP contribution in [0.15, 0.2) is 35.7 Å². The molecule has 21 heavy (non-hydrogen) atoms. The van der Waals surface area contributed by atoms with Crippen LogP contribution < -0.4 is 0 Å². The van der Waals surface area contributed by atoms with Gasteiger partial charge in [-0.3, -0.25) is 4.57 Å². The van der Waals surface area contributed by atoms with Crippen LogP contribution in [0.1, 0.15) is 19.4 Å². The standard InChI is InChI=1S/C14H19N3O2S2/c1-11(2)21(18,19)9-8-20-14-16-15-10-17(14)13-7-5-4-6-12(13)3/h4-7,10-11H,8-9H2,1-3H3. The number of hydrogen-bond acceptors (Lipinski definition) is 5. The SMILES string of the molecule is Cc1ccccc1-n1cnnc1SCCS(=O)(=O)C(C)C. The molecular formula is C14H19N3O2S2. The molecule has 0 atom stereocenters. The van der Waals surface area contributed by atoms with Crippen LogP contribution in [-0.2, 0) is 9.84 Å². The molecule has 1 heterocycles. The van der Waals surface area contributed by atoms with Crippen LogP contribution in [0.5, 0.6) is 0 Å². The van der Waals surface area contributed by atoms with Crippen molar-refractivity contribution in [3.63, 3.8) is 0 Å². The molecule has 0 saturated heterocycles. The topological polar surface area (TPSA) is 64.8 Å². The summed E-state index contributed by atoms with van der Waals surface area (Å²) in [5, 5.41) is 8.38. The molecule has 1 aromatic carbocycles. The van der Waals surface area contributed by atoms with Gasteiger partial charge in [0.1, 0.15) is 6.33 Å². The minimum Gasteiger partial charge on any atom is -0.276 e. The van der Waals surface area contributed by atoms with Crippen molar-refractivity contribution in [1.82, 2.24) is 14.8 Å². The van der Waals surface area contributed by atoms with Gasteiger partial charge in [-0.15, -0.1) is 10.2 Å². The van der Waals surface area contributed by atoms with Gasteiger partial charge in [-0.05, 0) is 32.4 Å². The summed E-state index contributed by atoms with van der Waals surface area (Å²) in [6.07, 6.45) is 1.65. The average molecular weight is 325 g/mol. The summed E-state index contributed by atoms with van der Waals surface area (Å²) in [6, 6.07) is 7.95. The van der Waals surface area contributed by atoms with E-state index in [0.717, 1.165) is 11.3 Å². The highest BCUT2D eigenvalue weighted by molar-refractivity contribution is 8.00. The van der Waals surface area contributed by atoms with Crippen molar-refractivity contribution in [3.8, 4) is 5.69 Å². The van der Waals surface area contributed by atoms with Crippen LogP contribution in [0.3, 0.4) is 0 Å². The first kappa shape index (κ1) is 16.0. The first-order valence-electron chi connectivity index (χ1n) is 6.72. The van der Waals surface area contributed by atoms with Crippen molar-refractivity contribution in [1.29, 1.82) is 0 Å². The maximum atomic E-state index is 11.8. The first-order valence-corrected chi connectivity index (χ1v) is 9.42. The van der Waals surface area contributed by atoms with E-state index in [1.54, 1.807) is 20.2 Å². The zero-order valence-corrected chi connectivity index (χ0v) is 14.0. The molecule has 2 rings (SSSR count). The fourth-order valence-electron chi connectivity index (χ4n) is 1.81. The summed E-state index contributed by atoms with van der Waals surface area (Å²) < 4.78 is 25.5. The monoisotopic (exact) mass is 325 g/mol. The van der Waals surface area contributed by atoms with Crippen LogP contribution in [0.25, 0.3) is 5.69 Å². The van der Waals surface area contributed by atoms with E-state index in [-0.39, 0.29) is 11.0 Å². The van der Waals surface area contributed by atoms with E-state index in [1.165, 1.54) is 11.8 Å². The molecule has 0 saturated carbocycles. The van der Waals surface area contributed by atoms with Crippen LogP contribution >= 0.6 is 11.8 Å². The maximum absolute atomic E-state index is 11.8. The molecule has 0 aliphatic carbocycles. The summed E-state index contributed by atoms with van der Waals surface area (Å²) in [5.41, 5.74) is 2.13. The molecule has 0 fully saturated rings. The number of rotatable bonds is 6. The molecule has 114 valence electrons. The molecular weight excluding hydrogens is 306 g/mol. The molecule has 7 heteroatoms. The smallest absolute Gasteiger partial charge is 0.195 e. The van der Waals surface area contributed by atoms with Gasteiger partial charge >= 0.3 is 0 Å². The fraction of sp³-hybridized carbons (Fsp3) is 0.429. The second-order valence-electron chi connectivity index (χ2n) is 5.03. The number of nitrogens with zero attached hydrogens (tertiary/aromatic N) is 3. The highest BCUT2D eigenvalue weighted by Gasteiger charge is 2.17. The van der Waals surface area contributed by atoms with E-state index < -0.39 is 9.84 Å². The van der Waals surface area contributed by atoms with E-state index in [4.69, 9.17) is 0 Å². The Labute approximate surface area is 129 Å². The summed E-state index contributed by atoms with van der Waals surface area (Å²) in [5.74, 6) is 0.626.